The molecule has 94 valence electrons. The van der Waals surface area contributed by atoms with Gasteiger partial charge in [0.05, 0.1) is 6.10 Å². The fourth-order valence-electron chi connectivity index (χ4n) is 3.85. The lowest BCUT2D eigenvalue weighted by Gasteiger charge is -2.39. The summed E-state index contributed by atoms with van der Waals surface area (Å²) in [4.78, 5) is 0. The van der Waals surface area contributed by atoms with Gasteiger partial charge in [-0.05, 0) is 24.5 Å². The molecule has 18 heavy (non-hydrogen) atoms. The van der Waals surface area contributed by atoms with E-state index in [9.17, 15) is 5.11 Å². The Morgan fingerprint density at radius 3 is 3.06 bits per heavy atom. The minimum Gasteiger partial charge on any atom is -0.391 e. The van der Waals surface area contributed by atoms with Crippen molar-refractivity contribution in [1.82, 2.24) is 9.88 Å². The van der Waals surface area contributed by atoms with Gasteiger partial charge in [0.1, 0.15) is 0 Å². The maximum atomic E-state index is 10.2. The van der Waals surface area contributed by atoms with Crippen molar-refractivity contribution in [3.63, 3.8) is 0 Å². The molecule has 2 aromatic rings. The number of fused-ring (bicyclic) bond motifs is 6. The molecule has 0 radical (unpaired) electrons. The number of aliphatic hydroxyl groups excluding tert-OH is 1. The van der Waals surface area contributed by atoms with Gasteiger partial charge in [-0.2, -0.15) is 0 Å². The van der Waals surface area contributed by atoms with Crippen LogP contribution >= 0.6 is 0 Å². The Morgan fingerprint density at radius 1 is 1.33 bits per heavy atom. The molecule has 0 saturated carbocycles. The van der Waals surface area contributed by atoms with E-state index in [-0.39, 0.29) is 6.10 Å². The molecule has 2 bridgehead atoms. The summed E-state index contributed by atoms with van der Waals surface area (Å²) in [5.74, 6) is 0.303. The lowest BCUT2D eigenvalue weighted by molar-refractivity contribution is 0.0927. The highest BCUT2D eigenvalue weighted by atomic mass is 16.3. The monoisotopic (exact) mass is 242 g/mol. The van der Waals surface area contributed by atoms with Crippen LogP contribution in [0.3, 0.4) is 0 Å². The van der Waals surface area contributed by atoms with Gasteiger partial charge in [0.2, 0.25) is 0 Å². The summed E-state index contributed by atoms with van der Waals surface area (Å²) in [6, 6.07) is 9.13. The van der Waals surface area contributed by atoms with E-state index >= 15 is 0 Å². The SMILES string of the molecule is Cn1c2c(c3ccccc31)C[C@@H]1C[C@H]2[C@H](O)CN1. The van der Waals surface area contributed by atoms with Crippen LogP contribution in [0, 0.1) is 0 Å². The van der Waals surface area contributed by atoms with Crippen LogP contribution in [0.2, 0.25) is 0 Å². The van der Waals surface area contributed by atoms with Gasteiger partial charge in [0.25, 0.3) is 0 Å². The molecule has 2 aliphatic rings. The fraction of sp³-hybridized carbons (Fsp3) is 0.467. The van der Waals surface area contributed by atoms with Gasteiger partial charge in [0, 0.05) is 42.1 Å². The summed E-state index contributed by atoms with van der Waals surface area (Å²) in [5.41, 5.74) is 4.10. The minimum atomic E-state index is -0.247. The van der Waals surface area contributed by atoms with Crippen LogP contribution < -0.4 is 5.32 Å². The number of aromatic nitrogens is 1. The Hall–Kier alpha value is -1.32. The molecule has 2 N–H and O–H groups in total. The first kappa shape index (κ1) is 10.6. The van der Waals surface area contributed by atoms with Crippen LogP contribution in [0.5, 0.6) is 0 Å². The van der Waals surface area contributed by atoms with E-state index in [0.717, 1.165) is 19.4 Å². The fourth-order valence-corrected chi connectivity index (χ4v) is 3.85. The zero-order chi connectivity index (χ0) is 12.3. The van der Waals surface area contributed by atoms with E-state index < -0.39 is 0 Å². The molecule has 3 atom stereocenters. The highest BCUT2D eigenvalue weighted by Gasteiger charge is 2.38. The molecule has 0 spiro atoms. The Bertz CT molecular complexity index is 616. The van der Waals surface area contributed by atoms with Crippen LogP contribution in [0.25, 0.3) is 10.9 Å². The van der Waals surface area contributed by atoms with Crippen molar-refractivity contribution in [2.75, 3.05) is 6.54 Å². The molecule has 4 rings (SSSR count). The van der Waals surface area contributed by atoms with Crippen molar-refractivity contribution in [3.05, 3.63) is 35.5 Å². The second-order valence-corrected chi connectivity index (χ2v) is 5.66. The van der Waals surface area contributed by atoms with Gasteiger partial charge in [-0.1, -0.05) is 18.2 Å². The number of nitrogens with zero attached hydrogens (tertiary/aromatic N) is 1. The van der Waals surface area contributed by atoms with Gasteiger partial charge < -0.3 is 15.0 Å². The first-order chi connectivity index (χ1) is 8.75. The number of rotatable bonds is 0. The van der Waals surface area contributed by atoms with Gasteiger partial charge in [-0.15, -0.1) is 0 Å². The molecule has 1 aliphatic heterocycles. The number of aryl methyl sites for hydroxylation is 1. The van der Waals surface area contributed by atoms with Crippen LogP contribution in [-0.2, 0) is 13.5 Å². The summed E-state index contributed by atoms with van der Waals surface area (Å²) >= 11 is 0. The van der Waals surface area contributed by atoms with E-state index in [2.05, 4.69) is 41.2 Å². The second-order valence-electron chi connectivity index (χ2n) is 5.66. The number of hydrogen-bond acceptors (Lipinski definition) is 2. The molecule has 3 heteroatoms. The zero-order valence-corrected chi connectivity index (χ0v) is 10.6. The third-order valence-electron chi connectivity index (χ3n) is 4.68. The van der Waals surface area contributed by atoms with E-state index in [1.165, 1.54) is 22.2 Å². The largest absolute Gasteiger partial charge is 0.391 e. The molecular formula is C15H18N2O. The number of piperidine rings is 1. The van der Waals surface area contributed by atoms with Crippen molar-refractivity contribution in [2.24, 2.45) is 7.05 Å². The number of hydrogen-bond donors (Lipinski definition) is 2. The van der Waals surface area contributed by atoms with Crippen LogP contribution in [-0.4, -0.2) is 28.4 Å². The van der Waals surface area contributed by atoms with Gasteiger partial charge in [-0.25, -0.2) is 0 Å². The first-order valence-electron chi connectivity index (χ1n) is 6.73. The number of β-amino-alcohol motifs (C(OH)–C–C–N with tert-alkyl or cyclic N) is 1. The lowest BCUT2D eigenvalue weighted by Crippen LogP contribution is -2.49. The molecule has 3 nitrogen and oxygen atoms in total. The smallest absolute Gasteiger partial charge is 0.0748 e. The summed E-state index contributed by atoms with van der Waals surface area (Å²) in [7, 11) is 2.14. The molecule has 1 saturated heterocycles. The van der Waals surface area contributed by atoms with Crippen LogP contribution in [0.1, 0.15) is 23.6 Å². The molecule has 1 aliphatic carbocycles. The zero-order valence-electron chi connectivity index (χ0n) is 10.6. The predicted molar refractivity (Wildman–Crippen MR) is 71.8 cm³/mol. The first-order valence-corrected chi connectivity index (χ1v) is 6.73. The molecule has 1 aromatic carbocycles. The molecule has 1 aromatic heterocycles. The Kier molecular flexibility index (Phi) is 2.11. The third kappa shape index (κ3) is 1.26. The van der Waals surface area contributed by atoms with Crippen molar-refractivity contribution < 1.29 is 5.11 Å². The summed E-state index contributed by atoms with van der Waals surface area (Å²) in [6.07, 6.45) is 1.92. The Morgan fingerprint density at radius 2 is 2.17 bits per heavy atom. The average Bonchev–Trinajstić information content (AvgIpc) is 2.69. The van der Waals surface area contributed by atoms with Crippen LogP contribution in [0.15, 0.2) is 24.3 Å². The Balaban J connectivity index is 2.02. The van der Waals surface area contributed by atoms with Gasteiger partial charge in [0.15, 0.2) is 0 Å². The van der Waals surface area contributed by atoms with Gasteiger partial charge in [-0.3, -0.25) is 0 Å². The highest BCUT2D eigenvalue weighted by Crippen LogP contribution is 2.41. The van der Waals surface area contributed by atoms with E-state index in [0.29, 0.717) is 12.0 Å². The predicted octanol–water partition coefficient (Wildman–Crippen LogP) is 1.54. The summed E-state index contributed by atoms with van der Waals surface area (Å²) in [6.45, 7) is 0.732. The summed E-state index contributed by atoms with van der Waals surface area (Å²) < 4.78 is 2.29. The van der Waals surface area contributed by atoms with E-state index in [4.69, 9.17) is 0 Å². The molecule has 1 fully saturated rings. The standard InChI is InChI=1S/C15H18N2O/c1-17-13-5-3-2-4-10(13)11-6-9-7-12(15(11)17)14(18)8-16-9/h2-5,9,12,14,16,18H,6-8H2,1H3/t9-,12+,14-/m1/s1. The van der Waals surface area contributed by atoms with Gasteiger partial charge >= 0.3 is 0 Å². The number of para-hydroxylation sites is 1. The lowest BCUT2D eigenvalue weighted by atomic mass is 9.78. The maximum Gasteiger partial charge on any atom is 0.0748 e. The van der Waals surface area contributed by atoms with Crippen molar-refractivity contribution in [2.45, 2.75) is 30.9 Å². The van der Waals surface area contributed by atoms with Crippen molar-refractivity contribution >= 4 is 10.9 Å². The normalized spacial score (nSPS) is 30.4. The van der Waals surface area contributed by atoms with E-state index in [1.807, 2.05) is 0 Å². The topological polar surface area (TPSA) is 37.2 Å². The van der Waals surface area contributed by atoms with E-state index in [1.54, 1.807) is 0 Å². The third-order valence-corrected chi connectivity index (χ3v) is 4.68. The quantitative estimate of drug-likeness (QED) is 0.735. The molecule has 0 amide bonds. The minimum absolute atomic E-state index is 0.247. The van der Waals surface area contributed by atoms with Crippen LogP contribution in [0.4, 0.5) is 0 Å². The number of benzene rings is 1. The maximum absolute atomic E-state index is 10.2. The van der Waals surface area contributed by atoms with Crippen molar-refractivity contribution in [3.8, 4) is 0 Å². The molecular weight excluding hydrogens is 224 g/mol. The highest BCUT2D eigenvalue weighted by molar-refractivity contribution is 5.86. The Labute approximate surface area is 106 Å². The number of aliphatic hydroxyl groups is 1. The molecule has 2 heterocycles. The summed E-state index contributed by atoms with van der Waals surface area (Å²) in [5, 5.41) is 15.1. The second kappa shape index (κ2) is 3.59. The van der Waals surface area contributed by atoms with Crippen molar-refractivity contribution in [1.29, 1.82) is 0 Å². The molecule has 0 unspecified atom stereocenters. The number of nitrogens with one attached hydrogen (secondary N) is 1. The average molecular weight is 242 g/mol.